The molecule has 3 N–H and O–H groups in total. The van der Waals surface area contributed by atoms with Gasteiger partial charge in [0.2, 0.25) is 0 Å². The SMILES string of the molecule is CC(C)CCC[C@@H](C)[C@H]1CC[C@H]2[C@@H]3C[C@H](S(=O)(=O)O)[C@H]4C[C@H](S(=O)(=O)O)[C@@H](S(=O)(=O)O)C[C@]4(C)[C@H]3CC[C@]12C. The van der Waals surface area contributed by atoms with Gasteiger partial charge in [-0.1, -0.05) is 53.9 Å². The van der Waals surface area contributed by atoms with Crippen LogP contribution in [0.4, 0.5) is 0 Å². The average molecular weight is 613 g/mol. The molecule has 4 fully saturated rings. The number of hydrogen-bond donors (Lipinski definition) is 3. The first kappa shape index (κ1) is 31.7. The van der Waals surface area contributed by atoms with Gasteiger partial charge in [0.05, 0.1) is 5.25 Å². The van der Waals surface area contributed by atoms with E-state index in [-0.39, 0.29) is 36.0 Å². The smallest absolute Gasteiger partial charge is 0.269 e. The zero-order valence-corrected chi connectivity index (χ0v) is 26.3. The lowest BCUT2D eigenvalue weighted by atomic mass is 9.44. The van der Waals surface area contributed by atoms with Crippen molar-refractivity contribution >= 4 is 30.4 Å². The molecule has 12 heteroatoms. The van der Waals surface area contributed by atoms with E-state index < -0.39 is 63.9 Å². The van der Waals surface area contributed by atoms with Crippen LogP contribution in [0.5, 0.6) is 0 Å². The standard InChI is InChI=1S/C27H48O9S3/c1-16(2)7-6-8-17(3)19-9-10-20-18-13-23(37(28,29)30)22-14-24(38(31,32)33)25(39(34,35)36)15-27(22,5)21(18)11-12-26(19,20)4/h16-25H,6-15H2,1-5H3,(H,28,29,30)(H,31,32,33)(H,34,35,36)/t17-,18+,19-,20+,21+,22-,23+,24+,25+,26-,27-/m1/s1. The number of rotatable bonds is 8. The summed E-state index contributed by atoms with van der Waals surface area (Å²) in [5.41, 5.74) is -0.924. The Kier molecular flexibility index (Phi) is 8.50. The lowest BCUT2D eigenvalue weighted by Gasteiger charge is -2.63. The van der Waals surface area contributed by atoms with Gasteiger partial charge in [0.1, 0.15) is 10.5 Å². The van der Waals surface area contributed by atoms with Gasteiger partial charge in [0, 0.05) is 0 Å². The van der Waals surface area contributed by atoms with Gasteiger partial charge >= 0.3 is 0 Å². The van der Waals surface area contributed by atoms with E-state index in [9.17, 15) is 38.9 Å². The molecule has 0 unspecified atom stereocenters. The molecular weight excluding hydrogens is 564 g/mol. The second-order valence-electron chi connectivity index (χ2n) is 14.4. The molecule has 0 saturated heterocycles. The van der Waals surface area contributed by atoms with Crippen LogP contribution in [0.15, 0.2) is 0 Å². The molecule has 0 amide bonds. The Morgan fingerprint density at radius 2 is 1.26 bits per heavy atom. The quantitative estimate of drug-likeness (QED) is 0.317. The predicted octanol–water partition coefficient (Wildman–Crippen LogP) is 5.10. The van der Waals surface area contributed by atoms with Crippen molar-refractivity contribution in [3.63, 3.8) is 0 Å². The Labute approximate surface area is 235 Å². The summed E-state index contributed by atoms with van der Waals surface area (Å²) in [7, 11) is -14.4. The lowest BCUT2D eigenvalue weighted by molar-refractivity contribution is -0.112. The van der Waals surface area contributed by atoms with Crippen molar-refractivity contribution in [3.05, 3.63) is 0 Å². The van der Waals surface area contributed by atoms with Crippen LogP contribution < -0.4 is 0 Å². The van der Waals surface area contributed by atoms with Crippen LogP contribution in [0, 0.1) is 52.3 Å². The summed E-state index contributed by atoms with van der Waals surface area (Å²) in [5, 5.41) is -4.84. The van der Waals surface area contributed by atoms with E-state index >= 15 is 0 Å². The molecule has 228 valence electrons. The average Bonchev–Trinajstić information content (AvgIpc) is 3.12. The first-order chi connectivity index (χ1) is 17.7. The van der Waals surface area contributed by atoms with Gasteiger partial charge < -0.3 is 0 Å². The van der Waals surface area contributed by atoms with E-state index in [4.69, 9.17) is 0 Å². The van der Waals surface area contributed by atoms with Crippen molar-refractivity contribution in [1.29, 1.82) is 0 Å². The maximum absolute atomic E-state index is 12.8. The van der Waals surface area contributed by atoms with E-state index in [0.29, 0.717) is 17.8 Å². The van der Waals surface area contributed by atoms with Crippen molar-refractivity contribution < 1.29 is 38.9 Å². The predicted molar refractivity (Wildman–Crippen MR) is 150 cm³/mol. The third-order valence-electron chi connectivity index (χ3n) is 12.0. The molecule has 0 bridgehead atoms. The van der Waals surface area contributed by atoms with E-state index in [1.165, 1.54) is 12.8 Å². The van der Waals surface area contributed by atoms with Gasteiger partial charge in [-0.05, 0) is 97.2 Å². The summed E-state index contributed by atoms with van der Waals surface area (Å²) in [6.07, 6.45) is 6.70. The van der Waals surface area contributed by atoms with Crippen LogP contribution in [-0.2, 0) is 30.4 Å². The topological polar surface area (TPSA) is 163 Å². The highest BCUT2D eigenvalue weighted by atomic mass is 32.2. The second kappa shape index (κ2) is 10.5. The van der Waals surface area contributed by atoms with Crippen molar-refractivity contribution in [2.24, 2.45) is 52.3 Å². The third-order valence-corrected chi connectivity index (χ3v) is 16.0. The van der Waals surface area contributed by atoms with Crippen molar-refractivity contribution in [1.82, 2.24) is 0 Å². The summed E-state index contributed by atoms with van der Waals surface area (Å²) in [6.45, 7) is 10.9. The molecule has 0 aliphatic heterocycles. The van der Waals surface area contributed by atoms with Crippen LogP contribution in [-0.4, -0.2) is 54.7 Å². The Balaban J connectivity index is 1.70. The fourth-order valence-corrected chi connectivity index (χ4v) is 14.4. The molecule has 4 aliphatic rings. The summed E-state index contributed by atoms with van der Waals surface area (Å²) in [4.78, 5) is 0. The third kappa shape index (κ3) is 5.72. The molecule has 4 aliphatic carbocycles. The fraction of sp³-hybridized carbons (Fsp3) is 1.00. The molecule has 11 atom stereocenters. The van der Waals surface area contributed by atoms with Crippen molar-refractivity contribution in [2.75, 3.05) is 0 Å². The zero-order valence-electron chi connectivity index (χ0n) is 23.9. The lowest BCUT2D eigenvalue weighted by Crippen LogP contribution is -2.63. The highest BCUT2D eigenvalue weighted by Crippen LogP contribution is 2.69. The van der Waals surface area contributed by atoms with Gasteiger partial charge in [-0.25, -0.2) is 0 Å². The minimum Gasteiger partial charge on any atom is -0.285 e. The highest BCUT2D eigenvalue weighted by Gasteiger charge is 2.67. The minimum absolute atomic E-state index is 0.0134. The molecule has 0 radical (unpaired) electrons. The normalized spacial score (nSPS) is 43.9. The maximum atomic E-state index is 12.8. The number of fused-ring (bicyclic) bond motifs is 5. The first-order valence-corrected chi connectivity index (χ1v) is 19.1. The van der Waals surface area contributed by atoms with E-state index in [1.54, 1.807) is 0 Å². The van der Waals surface area contributed by atoms with Gasteiger partial charge in [-0.3, -0.25) is 13.7 Å². The second-order valence-corrected chi connectivity index (χ2v) is 19.3. The van der Waals surface area contributed by atoms with E-state index in [0.717, 1.165) is 32.1 Å². The van der Waals surface area contributed by atoms with Crippen LogP contribution in [0.1, 0.15) is 98.8 Å². The van der Waals surface area contributed by atoms with Crippen molar-refractivity contribution in [3.8, 4) is 0 Å². The Bertz CT molecular complexity index is 1240. The molecule has 4 rings (SSSR count). The monoisotopic (exact) mass is 612 g/mol. The van der Waals surface area contributed by atoms with E-state index in [1.807, 2.05) is 6.92 Å². The molecular formula is C27H48O9S3. The summed E-state index contributed by atoms with van der Waals surface area (Å²) in [6, 6.07) is 0. The van der Waals surface area contributed by atoms with Crippen LogP contribution in [0.25, 0.3) is 0 Å². The molecule has 9 nitrogen and oxygen atoms in total. The summed E-state index contributed by atoms with van der Waals surface area (Å²) >= 11 is 0. The fourth-order valence-electron chi connectivity index (χ4n) is 10.2. The van der Waals surface area contributed by atoms with Crippen LogP contribution >= 0.6 is 0 Å². The maximum Gasteiger partial charge on any atom is 0.269 e. The molecule has 0 spiro atoms. The van der Waals surface area contributed by atoms with Crippen molar-refractivity contribution in [2.45, 2.75) is 115 Å². The zero-order chi connectivity index (χ0) is 29.3. The summed E-state index contributed by atoms with van der Waals surface area (Å²) in [5.74, 6) is 0.943. The van der Waals surface area contributed by atoms with Gasteiger partial charge in [-0.15, -0.1) is 0 Å². The highest BCUT2D eigenvalue weighted by molar-refractivity contribution is 7.90. The Morgan fingerprint density at radius 1 is 0.692 bits per heavy atom. The summed E-state index contributed by atoms with van der Waals surface area (Å²) < 4.78 is 105. The Morgan fingerprint density at radius 3 is 1.79 bits per heavy atom. The molecule has 0 aromatic rings. The Hall–Kier alpha value is -0.270. The first-order valence-electron chi connectivity index (χ1n) is 14.6. The van der Waals surface area contributed by atoms with Crippen LogP contribution in [0.2, 0.25) is 0 Å². The van der Waals surface area contributed by atoms with Gasteiger partial charge in [-0.2, -0.15) is 25.3 Å². The van der Waals surface area contributed by atoms with Gasteiger partial charge in [0.15, 0.2) is 0 Å². The molecule has 0 aromatic carbocycles. The molecule has 39 heavy (non-hydrogen) atoms. The molecule has 4 saturated carbocycles. The molecule has 0 heterocycles. The number of hydrogen-bond acceptors (Lipinski definition) is 6. The molecule has 0 aromatic heterocycles. The van der Waals surface area contributed by atoms with Crippen LogP contribution in [0.3, 0.4) is 0 Å². The van der Waals surface area contributed by atoms with Gasteiger partial charge in [0.25, 0.3) is 30.4 Å². The van der Waals surface area contributed by atoms with E-state index in [2.05, 4.69) is 27.7 Å². The minimum atomic E-state index is -4.90. The largest absolute Gasteiger partial charge is 0.285 e.